The number of aryl methyl sites for hydroxylation is 3. The second-order valence-electron chi connectivity index (χ2n) is 6.24. The molecule has 1 fully saturated rings. The van der Waals surface area contributed by atoms with E-state index in [2.05, 4.69) is 44.7 Å². The molecule has 2 unspecified atom stereocenters. The van der Waals surface area contributed by atoms with Gasteiger partial charge in [0.2, 0.25) is 0 Å². The van der Waals surface area contributed by atoms with Gasteiger partial charge in [0, 0.05) is 19.1 Å². The highest BCUT2D eigenvalue weighted by Gasteiger charge is 2.23. The molecule has 2 nitrogen and oxygen atoms in total. The van der Waals surface area contributed by atoms with Crippen LogP contribution in [0.3, 0.4) is 0 Å². The number of benzene rings is 1. The van der Waals surface area contributed by atoms with Crippen molar-refractivity contribution in [1.82, 2.24) is 4.90 Å². The Labute approximate surface area is 118 Å². The second-order valence-corrected chi connectivity index (χ2v) is 6.24. The summed E-state index contributed by atoms with van der Waals surface area (Å²) in [7, 11) is 0. The highest BCUT2D eigenvalue weighted by atomic mass is 15.2. The van der Waals surface area contributed by atoms with Crippen LogP contribution in [0.2, 0.25) is 0 Å². The molecular formula is C17H28N2. The van der Waals surface area contributed by atoms with Crippen LogP contribution in [0.25, 0.3) is 0 Å². The molecule has 0 aromatic heterocycles. The van der Waals surface area contributed by atoms with E-state index in [0.717, 1.165) is 12.5 Å². The number of hydrogen-bond acceptors (Lipinski definition) is 2. The van der Waals surface area contributed by atoms with Crippen molar-refractivity contribution in [3.63, 3.8) is 0 Å². The second kappa shape index (κ2) is 6.06. The lowest BCUT2D eigenvalue weighted by Crippen LogP contribution is -2.31. The van der Waals surface area contributed by atoms with E-state index >= 15 is 0 Å². The van der Waals surface area contributed by atoms with Crippen LogP contribution >= 0.6 is 0 Å². The predicted molar refractivity (Wildman–Crippen MR) is 82.4 cm³/mol. The Morgan fingerprint density at radius 2 is 1.89 bits per heavy atom. The molecule has 2 rings (SSSR count). The van der Waals surface area contributed by atoms with Crippen LogP contribution < -0.4 is 5.73 Å². The molecule has 1 aliphatic rings. The molecule has 0 amide bonds. The van der Waals surface area contributed by atoms with Crippen LogP contribution in [0.1, 0.15) is 48.1 Å². The van der Waals surface area contributed by atoms with Crippen molar-refractivity contribution < 1.29 is 0 Å². The van der Waals surface area contributed by atoms with Crippen LogP contribution in [0.15, 0.2) is 12.1 Å². The minimum Gasteiger partial charge on any atom is -0.323 e. The zero-order valence-electron chi connectivity index (χ0n) is 12.9. The predicted octanol–water partition coefficient (Wildman–Crippen LogP) is 3.34. The minimum atomic E-state index is 0.149. The summed E-state index contributed by atoms with van der Waals surface area (Å²) in [6.07, 6.45) is 2.64. The maximum Gasteiger partial charge on any atom is 0.0429 e. The molecule has 1 aromatic carbocycles. The number of hydrogen-bond donors (Lipinski definition) is 1. The average molecular weight is 260 g/mol. The van der Waals surface area contributed by atoms with E-state index in [1.807, 2.05) is 0 Å². The van der Waals surface area contributed by atoms with Gasteiger partial charge in [-0.05, 0) is 56.3 Å². The van der Waals surface area contributed by atoms with Crippen molar-refractivity contribution in [3.05, 3.63) is 34.4 Å². The zero-order chi connectivity index (χ0) is 14.0. The molecular weight excluding hydrogens is 232 g/mol. The van der Waals surface area contributed by atoms with Crippen molar-refractivity contribution >= 4 is 0 Å². The molecule has 0 bridgehead atoms. The lowest BCUT2D eigenvalue weighted by atomic mass is 9.94. The van der Waals surface area contributed by atoms with Gasteiger partial charge in [-0.3, -0.25) is 0 Å². The van der Waals surface area contributed by atoms with Gasteiger partial charge in [-0.25, -0.2) is 0 Å². The smallest absolute Gasteiger partial charge is 0.0429 e. The summed E-state index contributed by atoms with van der Waals surface area (Å²) in [5.41, 5.74) is 11.8. The van der Waals surface area contributed by atoms with Crippen molar-refractivity contribution in [2.75, 3.05) is 19.6 Å². The van der Waals surface area contributed by atoms with Crippen molar-refractivity contribution in [2.24, 2.45) is 11.7 Å². The topological polar surface area (TPSA) is 29.3 Å². The Morgan fingerprint density at radius 1 is 1.26 bits per heavy atom. The zero-order valence-corrected chi connectivity index (χ0v) is 12.9. The van der Waals surface area contributed by atoms with Crippen molar-refractivity contribution in [2.45, 2.75) is 46.6 Å². The van der Waals surface area contributed by atoms with Crippen molar-refractivity contribution in [1.29, 1.82) is 0 Å². The van der Waals surface area contributed by atoms with Gasteiger partial charge in [0.05, 0.1) is 0 Å². The van der Waals surface area contributed by atoms with E-state index in [9.17, 15) is 0 Å². The van der Waals surface area contributed by atoms with E-state index in [4.69, 9.17) is 5.73 Å². The maximum atomic E-state index is 6.47. The molecule has 19 heavy (non-hydrogen) atoms. The summed E-state index contributed by atoms with van der Waals surface area (Å²) >= 11 is 0. The fourth-order valence-electron chi connectivity index (χ4n) is 3.56. The molecule has 0 spiro atoms. The monoisotopic (exact) mass is 260 g/mol. The standard InChI is InChI=1S/C17H28N2/c1-5-15-6-7-19(10-15)11-16(18)17-13(3)8-12(2)9-14(17)4/h8-9,15-16H,5-7,10-11,18H2,1-4H3. The normalized spacial score (nSPS) is 21.8. The van der Waals surface area contributed by atoms with E-state index in [1.165, 1.54) is 48.2 Å². The number of nitrogens with zero attached hydrogens (tertiary/aromatic N) is 1. The van der Waals surface area contributed by atoms with Crippen LogP contribution in [0.5, 0.6) is 0 Å². The molecule has 0 saturated carbocycles. The number of rotatable bonds is 4. The Morgan fingerprint density at radius 3 is 2.42 bits per heavy atom. The third kappa shape index (κ3) is 3.37. The lowest BCUT2D eigenvalue weighted by molar-refractivity contribution is 0.301. The average Bonchev–Trinajstić information content (AvgIpc) is 2.75. The first-order chi connectivity index (χ1) is 9.01. The van der Waals surface area contributed by atoms with Gasteiger partial charge in [0.1, 0.15) is 0 Å². The Hall–Kier alpha value is -0.860. The summed E-state index contributed by atoms with van der Waals surface area (Å²) in [5, 5.41) is 0. The molecule has 1 aromatic rings. The van der Waals surface area contributed by atoms with Gasteiger partial charge >= 0.3 is 0 Å². The van der Waals surface area contributed by atoms with Crippen LogP contribution in [0, 0.1) is 26.7 Å². The Kier molecular flexibility index (Phi) is 4.64. The molecule has 2 atom stereocenters. The first kappa shape index (κ1) is 14.5. The summed E-state index contributed by atoms with van der Waals surface area (Å²) < 4.78 is 0. The molecule has 2 N–H and O–H groups in total. The Balaban J connectivity index is 2.06. The van der Waals surface area contributed by atoms with Gasteiger partial charge in [-0.15, -0.1) is 0 Å². The quantitative estimate of drug-likeness (QED) is 0.899. The molecule has 1 heterocycles. The summed E-state index contributed by atoms with van der Waals surface area (Å²) in [6.45, 7) is 12.3. The van der Waals surface area contributed by atoms with E-state index < -0.39 is 0 Å². The van der Waals surface area contributed by atoms with Gasteiger partial charge in [0.15, 0.2) is 0 Å². The van der Waals surface area contributed by atoms with E-state index in [0.29, 0.717) is 0 Å². The summed E-state index contributed by atoms with van der Waals surface area (Å²) in [5.74, 6) is 0.882. The minimum absolute atomic E-state index is 0.149. The molecule has 0 aliphatic carbocycles. The highest BCUT2D eigenvalue weighted by molar-refractivity contribution is 5.39. The summed E-state index contributed by atoms with van der Waals surface area (Å²) in [4.78, 5) is 2.54. The van der Waals surface area contributed by atoms with Gasteiger partial charge in [-0.2, -0.15) is 0 Å². The number of likely N-dealkylation sites (tertiary alicyclic amines) is 1. The van der Waals surface area contributed by atoms with E-state index in [1.54, 1.807) is 0 Å². The number of nitrogens with two attached hydrogens (primary N) is 1. The third-order valence-electron chi connectivity index (χ3n) is 4.51. The van der Waals surface area contributed by atoms with Gasteiger partial charge in [0.25, 0.3) is 0 Å². The largest absolute Gasteiger partial charge is 0.323 e. The molecule has 1 aliphatic heterocycles. The first-order valence-corrected chi connectivity index (χ1v) is 7.57. The van der Waals surface area contributed by atoms with Crippen molar-refractivity contribution in [3.8, 4) is 0 Å². The third-order valence-corrected chi connectivity index (χ3v) is 4.51. The summed E-state index contributed by atoms with van der Waals surface area (Å²) in [6, 6.07) is 4.65. The van der Waals surface area contributed by atoms with Crippen LogP contribution in [0.4, 0.5) is 0 Å². The maximum absolute atomic E-state index is 6.47. The molecule has 106 valence electrons. The fourth-order valence-corrected chi connectivity index (χ4v) is 3.56. The fraction of sp³-hybridized carbons (Fsp3) is 0.647. The highest BCUT2D eigenvalue weighted by Crippen LogP contribution is 2.25. The molecule has 2 heteroatoms. The van der Waals surface area contributed by atoms with E-state index in [-0.39, 0.29) is 6.04 Å². The van der Waals surface area contributed by atoms with Crippen LogP contribution in [-0.2, 0) is 0 Å². The van der Waals surface area contributed by atoms with Gasteiger partial charge in [-0.1, -0.05) is 31.0 Å². The SMILES string of the molecule is CCC1CCN(CC(N)c2c(C)cc(C)cc2C)C1. The molecule has 0 radical (unpaired) electrons. The Bertz CT molecular complexity index is 416. The first-order valence-electron chi connectivity index (χ1n) is 7.57. The van der Waals surface area contributed by atoms with Crippen LogP contribution in [-0.4, -0.2) is 24.5 Å². The van der Waals surface area contributed by atoms with Gasteiger partial charge < -0.3 is 10.6 Å². The lowest BCUT2D eigenvalue weighted by Gasteiger charge is -2.24. The molecule has 1 saturated heterocycles.